The van der Waals surface area contributed by atoms with Gasteiger partial charge in [-0.3, -0.25) is 4.79 Å². The predicted molar refractivity (Wildman–Crippen MR) is 117 cm³/mol. The molecule has 1 heterocycles. The zero-order chi connectivity index (χ0) is 21.7. The van der Waals surface area contributed by atoms with Crippen LogP contribution < -0.4 is 10.1 Å². The summed E-state index contributed by atoms with van der Waals surface area (Å²) in [6, 6.07) is 9.45. The molecule has 0 saturated carbocycles. The third-order valence-corrected chi connectivity index (χ3v) is 7.05. The Bertz CT molecular complexity index is 1070. The molecule has 160 valence electrons. The maximum absolute atomic E-state index is 13.0. The van der Waals surface area contributed by atoms with E-state index in [2.05, 4.69) is 5.32 Å². The summed E-state index contributed by atoms with van der Waals surface area (Å²) in [7, 11) is -2.40. The number of morpholine rings is 1. The number of methoxy groups -OCH3 is 1. The van der Waals surface area contributed by atoms with E-state index in [0.717, 1.165) is 0 Å². The van der Waals surface area contributed by atoms with Gasteiger partial charge in [0.05, 0.1) is 30.4 Å². The lowest BCUT2D eigenvalue weighted by Gasteiger charge is -2.26. The number of anilines is 1. The molecule has 0 atom stereocenters. The van der Waals surface area contributed by atoms with Crippen molar-refractivity contribution in [3.63, 3.8) is 0 Å². The molecule has 2 aromatic rings. The molecule has 0 aromatic heterocycles. The molecule has 1 fully saturated rings. The van der Waals surface area contributed by atoms with Crippen LogP contribution in [0.3, 0.4) is 0 Å². The third-order valence-electron chi connectivity index (χ3n) is 4.39. The summed E-state index contributed by atoms with van der Waals surface area (Å²) in [5.41, 5.74) is 1.02. The predicted octanol–water partition coefficient (Wildman–Crippen LogP) is 3.67. The lowest BCUT2D eigenvalue weighted by molar-refractivity contribution is -0.111. The van der Waals surface area contributed by atoms with Gasteiger partial charge in [0.1, 0.15) is 10.6 Å². The highest BCUT2D eigenvalue weighted by atomic mass is 35.5. The van der Waals surface area contributed by atoms with Crippen LogP contribution in [-0.4, -0.2) is 52.0 Å². The van der Waals surface area contributed by atoms with E-state index < -0.39 is 15.9 Å². The molecule has 1 aliphatic heterocycles. The molecule has 1 N–H and O–H groups in total. The van der Waals surface area contributed by atoms with Crippen molar-refractivity contribution in [3.05, 3.63) is 58.1 Å². The molecule has 0 unspecified atom stereocenters. The maximum atomic E-state index is 13.0. The van der Waals surface area contributed by atoms with Crippen molar-refractivity contribution >= 4 is 50.9 Å². The lowest BCUT2D eigenvalue weighted by Crippen LogP contribution is -2.40. The van der Waals surface area contributed by atoms with Crippen molar-refractivity contribution in [2.24, 2.45) is 0 Å². The topological polar surface area (TPSA) is 84.9 Å². The number of ether oxygens (including phenoxy) is 2. The Morgan fingerprint density at radius 1 is 1.13 bits per heavy atom. The van der Waals surface area contributed by atoms with Gasteiger partial charge in [-0.25, -0.2) is 8.42 Å². The van der Waals surface area contributed by atoms with E-state index in [0.29, 0.717) is 34.5 Å². The largest absolute Gasteiger partial charge is 0.495 e. The highest BCUT2D eigenvalue weighted by Gasteiger charge is 2.29. The Labute approximate surface area is 185 Å². The number of amides is 1. The number of carbonyl (C=O) groups is 1. The van der Waals surface area contributed by atoms with E-state index in [1.807, 2.05) is 0 Å². The van der Waals surface area contributed by atoms with Gasteiger partial charge in [0.15, 0.2) is 0 Å². The van der Waals surface area contributed by atoms with Gasteiger partial charge >= 0.3 is 0 Å². The van der Waals surface area contributed by atoms with E-state index >= 15 is 0 Å². The minimum atomic E-state index is -3.80. The fourth-order valence-corrected chi connectivity index (χ4v) is 4.75. The van der Waals surface area contributed by atoms with Crippen LogP contribution in [0.2, 0.25) is 10.0 Å². The molecule has 3 rings (SSSR count). The quantitative estimate of drug-likeness (QED) is 0.650. The van der Waals surface area contributed by atoms with Crippen LogP contribution in [0.15, 0.2) is 47.4 Å². The second-order valence-electron chi connectivity index (χ2n) is 6.38. The summed E-state index contributed by atoms with van der Waals surface area (Å²) in [6.45, 7) is 1.18. The van der Waals surface area contributed by atoms with Gasteiger partial charge < -0.3 is 14.8 Å². The van der Waals surface area contributed by atoms with Gasteiger partial charge in [-0.05, 0) is 42.0 Å². The first-order chi connectivity index (χ1) is 14.3. The molecule has 7 nitrogen and oxygen atoms in total. The van der Waals surface area contributed by atoms with Crippen molar-refractivity contribution in [2.75, 3.05) is 38.7 Å². The van der Waals surface area contributed by atoms with E-state index in [1.165, 1.54) is 29.6 Å². The minimum absolute atomic E-state index is 0.0156. The van der Waals surface area contributed by atoms with Crippen LogP contribution in [-0.2, 0) is 19.6 Å². The third kappa shape index (κ3) is 5.33. The lowest BCUT2D eigenvalue weighted by atomic mass is 10.2. The Kier molecular flexibility index (Phi) is 7.38. The monoisotopic (exact) mass is 470 g/mol. The average molecular weight is 471 g/mol. The molecule has 0 spiro atoms. The second kappa shape index (κ2) is 9.80. The first-order valence-electron chi connectivity index (χ1n) is 9.01. The van der Waals surface area contributed by atoms with Crippen molar-refractivity contribution in [2.45, 2.75) is 4.90 Å². The van der Waals surface area contributed by atoms with Gasteiger partial charge in [0, 0.05) is 24.9 Å². The highest BCUT2D eigenvalue weighted by molar-refractivity contribution is 7.89. The summed E-state index contributed by atoms with van der Waals surface area (Å²) in [6.07, 6.45) is 2.90. The van der Waals surface area contributed by atoms with E-state index in [9.17, 15) is 13.2 Å². The number of hydrogen-bond donors (Lipinski definition) is 1. The molecule has 0 radical (unpaired) electrons. The second-order valence-corrected chi connectivity index (χ2v) is 9.10. The Balaban J connectivity index is 1.79. The maximum Gasteiger partial charge on any atom is 0.248 e. The summed E-state index contributed by atoms with van der Waals surface area (Å²) in [4.78, 5) is 12.3. The zero-order valence-corrected chi connectivity index (χ0v) is 18.4. The van der Waals surface area contributed by atoms with Gasteiger partial charge in [-0.15, -0.1) is 0 Å². The molecule has 10 heteroatoms. The molecule has 1 aliphatic rings. The standard InChI is InChI=1S/C20H20Cl2N2O5S/c1-28-18-6-4-15(13-19(18)30(26,27)24-8-10-29-11-9-24)23-20(25)7-3-14-2-5-16(21)17(22)12-14/h2-7,12-13H,8-11H2,1H3,(H,23,25). The minimum Gasteiger partial charge on any atom is -0.495 e. The van der Waals surface area contributed by atoms with Gasteiger partial charge in [0.25, 0.3) is 0 Å². The van der Waals surface area contributed by atoms with Crippen molar-refractivity contribution in [1.29, 1.82) is 0 Å². The van der Waals surface area contributed by atoms with Crippen molar-refractivity contribution in [3.8, 4) is 5.75 Å². The van der Waals surface area contributed by atoms with E-state index in [-0.39, 0.29) is 23.7 Å². The zero-order valence-electron chi connectivity index (χ0n) is 16.1. The SMILES string of the molecule is COc1ccc(NC(=O)C=Cc2ccc(Cl)c(Cl)c2)cc1S(=O)(=O)N1CCOCC1. The van der Waals surface area contributed by atoms with Gasteiger partial charge in [-0.2, -0.15) is 4.31 Å². The summed E-state index contributed by atoms with van der Waals surface area (Å²) in [5.74, 6) is -0.230. The number of carbonyl (C=O) groups excluding carboxylic acids is 1. The summed E-state index contributed by atoms with van der Waals surface area (Å²) < 4.78 is 37.8. The number of halogens is 2. The van der Waals surface area contributed by atoms with Crippen LogP contribution in [0.25, 0.3) is 6.08 Å². The Morgan fingerprint density at radius 3 is 2.53 bits per heavy atom. The number of hydrogen-bond acceptors (Lipinski definition) is 5. The normalized spacial score (nSPS) is 15.3. The van der Waals surface area contributed by atoms with E-state index in [4.69, 9.17) is 32.7 Å². The van der Waals surface area contributed by atoms with E-state index in [1.54, 1.807) is 30.3 Å². The Hall–Kier alpha value is -2.10. The van der Waals surface area contributed by atoms with Crippen LogP contribution in [0, 0.1) is 0 Å². The van der Waals surface area contributed by atoms with Crippen molar-refractivity contribution < 1.29 is 22.7 Å². The van der Waals surface area contributed by atoms with Gasteiger partial charge in [0.2, 0.25) is 15.9 Å². The van der Waals surface area contributed by atoms with Crippen LogP contribution in [0.5, 0.6) is 5.75 Å². The number of rotatable bonds is 6. The molecule has 30 heavy (non-hydrogen) atoms. The fraction of sp³-hybridized carbons (Fsp3) is 0.250. The molecular formula is C20H20Cl2N2O5S. The molecule has 0 bridgehead atoms. The molecule has 1 amide bonds. The number of nitrogens with one attached hydrogen (secondary N) is 1. The summed E-state index contributed by atoms with van der Waals surface area (Å²) >= 11 is 11.8. The molecule has 0 aliphatic carbocycles. The van der Waals surface area contributed by atoms with Gasteiger partial charge in [-0.1, -0.05) is 29.3 Å². The number of nitrogens with zero attached hydrogens (tertiary/aromatic N) is 1. The highest BCUT2D eigenvalue weighted by Crippen LogP contribution is 2.30. The Morgan fingerprint density at radius 2 is 1.87 bits per heavy atom. The molecule has 1 saturated heterocycles. The van der Waals surface area contributed by atoms with Crippen LogP contribution in [0.1, 0.15) is 5.56 Å². The molecule has 2 aromatic carbocycles. The number of sulfonamides is 1. The van der Waals surface area contributed by atoms with Crippen LogP contribution in [0.4, 0.5) is 5.69 Å². The first kappa shape index (κ1) is 22.6. The first-order valence-corrected chi connectivity index (χ1v) is 11.2. The summed E-state index contributed by atoms with van der Waals surface area (Å²) in [5, 5.41) is 3.46. The smallest absolute Gasteiger partial charge is 0.248 e. The fourth-order valence-electron chi connectivity index (χ4n) is 2.85. The average Bonchev–Trinajstić information content (AvgIpc) is 2.75. The number of benzene rings is 2. The van der Waals surface area contributed by atoms with Crippen molar-refractivity contribution in [1.82, 2.24) is 4.31 Å². The molecular weight excluding hydrogens is 451 g/mol. The van der Waals surface area contributed by atoms with Crippen LogP contribution >= 0.6 is 23.2 Å².